The van der Waals surface area contributed by atoms with Crippen LogP contribution in [0, 0.1) is 0 Å². The first-order chi connectivity index (χ1) is 12.2. The summed E-state index contributed by atoms with van der Waals surface area (Å²) < 4.78 is 2.46. The Labute approximate surface area is 156 Å². The second-order valence-corrected chi connectivity index (χ2v) is 6.73. The van der Waals surface area contributed by atoms with Crippen molar-refractivity contribution in [1.82, 2.24) is 4.57 Å². The number of nitrogens with zero attached hydrogens (tertiary/aromatic N) is 1. The van der Waals surface area contributed by atoms with E-state index in [-0.39, 0.29) is 5.56 Å². The molecule has 0 saturated carbocycles. The Hall–Kier alpha value is -2.39. The molecule has 0 N–H and O–H groups in total. The van der Waals surface area contributed by atoms with Gasteiger partial charge in [-0.05, 0) is 46.0 Å². The predicted octanol–water partition coefficient (Wildman–Crippen LogP) is 5.44. The van der Waals surface area contributed by atoms with E-state index in [9.17, 15) is 4.79 Å². The fourth-order valence-corrected chi connectivity index (χ4v) is 3.45. The summed E-state index contributed by atoms with van der Waals surface area (Å²) in [5.74, 6) is 0. The predicted molar refractivity (Wildman–Crippen MR) is 108 cm³/mol. The largest absolute Gasteiger partial charge is 0.307 e. The van der Waals surface area contributed by atoms with Crippen molar-refractivity contribution in [3.8, 4) is 11.1 Å². The summed E-state index contributed by atoms with van der Waals surface area (Å²) in [6.45, 7) is 4.38. The van der Waals surface area contributed by atoms with Gasteiger partial charge in [0.25, 0.3) is 5.56 Å². The van der Waals surface area contributed by atoms with Crippen LogP contribution in [0.5, 0.6) is 0 Å². The molecule has 1 heterocycles. The minimum Gasteiger partial charge on any atom is -0.307 e. The number of pyridine rings is 1. The van der Waals surface area contributed by atoms with Gasteiger partial charge in [-0.3, -0.25) is 4.79 Å². The van der Waals surface area contributed by atoms with Crippen molar-refractivity contribution in [2.45, 2.75) is 19.4 Å². The van der Waals surface area contributed by atoms with Crippen LogP contribution in [0.1, 0.15) is 17.7 Å². The molecule has 0 aliphatic heterocycles. The molecule has 0 amide bonds. The third-order valence-corrected chi connectivity index (χ3v) is 4.97. The molecule has 0 aliphatic rings. The molecule has 0 atom stereocenters. The Morgan fingerprint density at radius 2 is 1.64 bits per heavy atom. The van der Waals surface area contributed by atoms with Crippen LogP contribution in [0.15, 0.2) is 88.7 Å². The third-order valence-electron chi connectivity index (χ3n) is 4.20. The Bertz CT molecular complexity index is 914. The van der Waals surface area contributed by atoms with E-state index in [0.29, 0.717) is 11.0 Å². The van der Waals surface area contributed by atoms with Gasteiger partial charge in [-0.15, -0.1) is 6.58 Å². The lowest BCUT2D eigenvalue weighted by atomic mass is 10.0. The van der Waals surface area contributed by atoms with Gasteiger partial charge in [0, 0.05) is 11.3 Å². The summed E-state index contributed by atoms with van der Waals surface area (Å²) in [6, 6.07) is 22.2. The van der Waals surface area contributed by atoms with Gasteiger partial charge < -0.3 is 4.57 Å². The number of hydrogen-bond acceptors (Lipinski definition) is 1. The molecule has 0 fully saturated rings. The SMILES string of the molecule is C=CCCc1cc(-c2ccccc2)c(Br)c(=O)n1Cc1ccccc1. The lowest BCUT2D eigenvalue weighted by Gasteiger charge is -2.16. The Morgan fingerprint density at radius 1 is 1.00 bits per heavy atom. The standard InChI is InChI=1S/C22H20BrNO/c1-2-3-14-19-15-20(18-12-8-5-9-13-18)21(23)22(25)24(19)16-17-10-6-4-7-11-17/h2,4-13,15H,1,3,14,16H2. The number of aryl methyl sites for hydroxylation is 1. The van der Waals surface area contributed by atoms with Crippen LogP contribution in [0.2, 0.25) is 0 Å². The number of halogens is 1. The summed E-state index contributed by atoms with van der Waals surface area (Å²) in [6.07, 6.45) is 3.52. The van der Waals surface area contributed by atoms with Gasteiger partial charge >= 0.3 is 0 Å². The number of allylic oxidation sites excluding steroid dienone is 1. The molecule has 0 saturated heterocycles. The van der Waals surface area contributed by atoms with Crippen LogP contribution < -0.4 is 5.56 Å². The summed E-state index contributed by atoms with van der Waals surface area (Å²) in [4.78, 5) is 13.0. The zero-order valence-corrected chi connectivity index (χ0v) is 15.6. The second-order valence-electron chi connectivity index (χ2n) is 5.93. The summed E-state index contributed by atoms with van der Waals surface area (Å²) in [5, 5.41) is 0. The van der Waals surface area contributed by atoms with E-state index in [4.69, 9.17) is 0 Å². The average Bonchev–Trinajstić information content (AvgIpc) is 2.66. The zero-order valence-electron chi connectivity index (χ0n) is 14.0. The average molecular weight is 394 g/mol. The lowest BCUT2D eigenvalue weighted by Crippen LogP contribution is -2.25. The highest BCUT2D eigenvalue weighted by atomic mass is 79.9. The molecule has 1 aromatic heterocycles. The first-order valence-electron chi connectivity index (χ1n) is 8.33. The fraction of sp³-hybridized carbons (Fsp3) is 0.136. The first kappa shape index (κ1) is 17.4. The first-order valence-corrected chi connectivity index (χ1v) is 9.12. The van der Waals surface area contributed by atoms with Crippen molar-refractivity contribution < 1.29 is 0 Å². The Balaban J connectivity index is 2.12. The molecule has 126 valence electrons. The van der Waals surface area contributed by atoms with Gasteiger partial charge in [-0.25, -0.2) is 0 Å². The molecule has 0 bridgehead atoms. The van der Waals surface area contributed by atoms with E-state index in [1.807, 2.05) is 71.3 Å². The van der Waals surface area contributed by atoms with Crippen LogP contribution in [0.4, 0.5) is 0 Å². The number of benzene rings is 2. The minimum absolute atomic E-state index is 0.00395. The highest BCUT2D eigenvalue weighted by Crippen LogP contribution is 2.27. The fourth-order valence-electron chi connectivity index (χ4n) is 2.90. The van der Waals surface area contributed by atoms with Crippen LogP contribution in [-0.2, 0) is 13.0 Å². The second kappa shape index (κ2) is 8.13. The molecule has 3 heteroatoms. The highest BCUT2D eigenvalue weighted by molar-refractivity contribution is 9.10. The molecule has 3 aromatic rings. The van der Waals surface area contributed by atoms with Gasteiger partial charge in [-0.2, -0.15) is 0 Å². The van der Waals surface area contributed by atoms with E-state index in [2.05, 4.69) is 28.6 Å². The van der Waals surface area contributed by atoms with Gasteiger partial charge in [0.1, 0.15) is 0 Å². The van der Waals surface area contributed by atoms with Crippen molar-refractivity contribution >= 4 is 15.9 Å². The van der Waals surface area contributed by atoms with E-state index in [1.54, 1.807) is 0 Å². The molecular formula is C22H20BrNO. The van der Waals surface area contributed by atoms with E-state index in [0.717, 1.165) is 35.2 Å². The molecule has 2 nitrogen and oxygen atoms in total. The highest BCUT2D eigenvalue weighted by Gasteiger charge is 2.14. The smallest absolute Gasteiger partial charge is 0.265 e. The van der Waals surface area contributed by atoms with Gasteiger partial charge in [0.15, 0.2) is 0 Å². The van der Waals surface area contributed by atoms with E-state index in [1.165, 1.54) is 0 Å². The molecule has 0 radical (unpaired) electrons. The van der Waals surface area contributed by atoms with Crippen molar-refractivity contribution in [2.24, 2.45) is 0 Å². The van der Waals surface area contributed by atoms with Gasteiger partial charge in [0.2, 0.25) is 0 Å². The lowest BCUT2D eigenvalue weighted by molar-refractivity contribution is 0.693. The van der Waals surface area contributed by atoms with E-state index < -0.39 is 0 Å². The minimum atomic E-state index is 0.00395. The van der Waals surface area contributed by atoms with Crippen LogP contribution in [0.3, 0.4) is 0 Å². The Kier molecular flexibility index (Phi) is 5.67. The number of rotatable bonds is 6. The summed E-state index contributed by atoms with van der Waals surface area (Å²) in [5.41, 5.74) is 4.12. The van der Waals surface area contributed by atoms with Crippen molar-refractivity contribution in [3.05, 3.63) is 105 Å². The molecule has 3 rings (SSSR count). The van der Waals surface area contributed by atoms with Crippen molar-refractivity contribution in [2.75, 3.05) is 0 Å². The van der Waals surface area contributed by atoms with Crippen LogP contribution >= 0.6 is 15.9 Å². The zero-order chi connectivity index (χ0) is 17.6. The van der Waals surface area contributed by atoms with Gasteiger partial charge in [-0.1, -0.05) is 66.7 Å². The van der Waals surface area contributed by atoms with Gasteiger partial charge in [0.05, 0.1) is 11.0 Å². The maximum Gasteiger partial charge on any atom is 0.265 e. The van der Waals surface area contributed by atoms with Crippen molar-refractivity contribution in [3.63, 3.8) is 0 Å². The third kappa shape index (κ3) is 3.99. The molecule has 0 unspecified atom stereocenters. The molecular weight excluding hydrogens is 374 g/mol. The molecule has 2 aromatic carbocycles. The number of aromatic nitrogens is 1. The number of hydrogen-bond donors (Lipinski definition) is 0. The summed E-state index contributed by atoms with van der Waals surface area (Å²) in [7, 11) is 0. The van der Waals surface area contributed by atoms with E-state index >= 15 is 0 Å². The quantitative estimate of drug-likeness (QED) is 0.510. The van der Waals surface area contributed by atoms with Crippen LogP contribution in [-0.4, -0.2) is 4.57 Å². The maximum absolute atomic E-state index is 13.0. The topological polar surface area (TPSA) is 22.0 Å². The molecule has 0 spiro atoms. The van der Waals surface area contributed by atoms with Crippen LogP contribution in [0.25, 0.3) is 11.1 Å². The molecule has 0 aliphatic carbocycles. The monoisotopic (exact) mass is 393 g/mol. The normalized spacial score (nSPS) is 10.6. The maximum atomic E-state index is 13.0. The molecule has 25 heavy (non-hydrogen) atoms. The Morgan fingerprint density at radius 3 is 2.28 bits per heavy atom. The van der Waals surface area contributed by atoms with Crippen molar-refractivity contribution in [1.29, 1.82) is 0 Å². The summed E-state index contributed by atoms with van der Waals surface area (Å²) >= 11 is 3.53.